The molecule has 0 saturated carbocycles. The molecule has 122 valence electrons. The Balaban J connectivity index is 1.65. The summed E-state index contributed by atoms with van der Waals surface area (Å²) in [5, 5.41) is 0. The summed E-state index contributed by atoms with van der Waals surface area (Å²) in [6, 6.07) is 0. The van der Waals surface area contributed by atoms with Crippen LogP contribution in [0.2, 0.25) is 0 Å². The van der Waals surface area contributed by atoms with Gasteiger partial charge in [0.15, 0.2) is 0 Å². The van der Waals surface area contributed by atoms with Crippen LogP contribution in [0.25, 0.3) is 0 Å². The molecular formula is C17H32N2O2. The zero-order valence-corrected chi connectivity index (χ0v) is 14.2. The van der Waals surface area contributed by atoms with Crippen molar-refractivity contribution in [3.63, 3.8) is 0 Å². The molecule has 2 rings (SSSR count). The fraction of sp³-hybridized carbons (Fsp3) is 0.941. The summed E-state index contributed by atoms with van der Waals surface area (Å²) >= 11 is 0. The molecule has 0 radical (unpaired) electrons. The van der Waals surface area contributed by atoms with Crippen LogP contribution in [0.1, 0.15) is 53.4 Å². The molecule has 0 spiro atoms. The number of carbonyl (C=O) groups excluding carboxylic acids is 1. The third-order valence-electron chi connectivity index (χ3n) is 4.63. The van der Waals surface area contributed by atoms with Crippen molar-refractivity contribution in [3.05, 3.63) is 0 Å². The fourth-order valence-corrected chi connectivity index (χ4v) is 3.33. The Morgan fingerprint density at radius 2 is 1.81 bits per heavy atom. The molecule has 4 nitrogen and oxygen atoms in total. The van der Waals surface area contributed by atoms with Gasteiger partial charge in [-0.15, -0.1) is 0 Å². The molecule has 0 N–H and O–H groups in total. The molecule has 2 heterocycles. The Labute approximate surface area is 129 Å². The number of likely N-dealkylation sites (tertiary alicyclic amines) is 2. The van der Waals surface area contributed by atoms with E-state index in [1.807, 2.05) is 25.7 Å². The van der Waals surface area contributed by atoms with Crippen molar-refractivity contribution >= 4 is 6.09 Å². The van der Waals surface area contributed by atoms with Crippen molar-refractivity contribution in [1.82, 2.24) is 9.80 Å². The summed E-state index contributed by atoms with van der Waals surface area (Å²) in [5.74, 6) is 1.65. The lowest BCUT2D eigenvalue weighted by molar-refractivity contribution is 0.0178. The average molecular weight is 296 g/mol. The maximum Gasteiger partial charge on any atom is 0.410 e. The summed E-state index contributed by atoms with van der Waals surface area (Å²) in [6.45, 7) is 13.6. The molecule has 0 aliphatic carbocycles. The molecule has 2 saturated heterocycles. The van der Waals surface area contributed by atoms with E-state index < -0.39 is 0 Å². The van der Waals surface area contributed by atoms with Crippen LogP contribution in [0.5, 0.6) is 0 Å². The minimum atomic E-state index is -0.389. The van der Waals surface area contributed by atoms with E-state index in [9.17, 15) is 4.79 Å². The van der Waals surface area contributed by atoms with Gasteiger partial charge in [0.2, 0.25) is 0 Å². The summed E-state index contributed by atoms with van der Waals surface area (Å²) < 4.78 is 5.44. The summed E-state index contributed by atoms with van der Waals surface area (Å²) in [5.41, 5.74) is -0.389. The van der Waals surface area contributed by atoms with Gasteiger partial charge in [0.25, 0.3) is 0 Å². The highest BCUT2D eigenvalue weighted by Crippen LogP contribution is 2.24. The number of amides is 1. The van der Waals surface area contributed by atoms with E-state index in [4.69, 9.17) is 4.74 Å². The van der Waals surface area contributed by atoms with Crippen molar-refractivity contribution < 1.29 is 9.53 Å². The molecule has 1 atom stereocenters. The van der Waals surface area contributed by atoms with Crippen LogP contribution >= 0.6 is 0 Å². The number of rotatable bonds is 3. The van der Waals surface area contributed by atoms with Gasteiger partial charge in [-0.05, 0) is 71.4 Å². The van der Waals surface area contributed by atoms with E-state index >= 15 is 0 Å². The van der Waals surface area contributed by atoms with Gasteiger partial charge in [-0.2, -0.15) is 0 Å². The number of carbonyl (C=O) groups is 1. The van der Waals surface area contributed by atoms with Crippen molar-refractivity contribution in [1.29, 1.82) is 0 Å². The van der Waals surface area contributed by atoms with E-state index in [2.05, 4.69) is 11.8 Å². The smallest absolute Gasteiger partial charge is 0.410 e. The largest absolute Gasteiger partial charge is 0.444 e. The quantitative estimate of drug-likeness (QED) is 0.800. The first-order valence-corrected chi connectivity index (χ1v) is 8.54. The minimum Gasteiger partial charge on any atom is -0.444 e. The molecule has 1 amide bonds. The van der Waals surface area contributed by atoms with Gasteiger partial charge in [0, 0.05) is 19.6 Å². The van der Waals surface area contributed by atoms with Crippen molar-refractivity contribution in [3.8, 4) is 0 Å². The van der Waals surface area contributed by atoms with Gasteiger partial charge in [0.1, 0.15) is 5.60 Å². The molecule has 4 heteroatoms. The summed E-state index contributed by atoms with van der Waals surface area (Å²) in [4.78, 5) is 16.5. The molecule has 0 bridgehead atoms. The first kappa shape index (κ1) is 16.6. The Hall–Kier alpha value is -0.770. The highest BCUT2D eigenvalue weighted by atomic mass is 16.6. The van der Waals surface area contributed by atoms with Crippen LogP contribution in [0.15, 0.2) is 0 Å². The van der Waals surface area contributed by atoms with Crippen molar-refractivity contribution in [2.75, 3.05) is 32.7 Å². The standard InChI is InChI=1S/C17H32N2O2/c1-14-5-9-18(13-14)10-6-15-7-11-19(12-8-15)16(20)21-17(2,3)4/h14-15H,5-13H2,1-4H3. The average Bonchev–Trinajstić information content (AvgIpc) is 2.81. The SMILES string of the molecule is CC1CCN(CCC2CCN(C(=O)OC(C)(C)C)CC2)C1. The monoisotopic (exact) mass is 296 g/mol. The third kappa shape index (κ3) is 5.50. The maximum absolute atomic E-state index is 12.0. The molecule has 0 aromatic heterocycles. The van der Waals surface area contributed by atoms with E-state index in [1.54, 1.807) is 0 Å². The Bertz CT molecular complexity index is 343. The number of hydrogen-bond acceptors (Lipinski definition) is 3. The number of nitrogens with zero attached hydrogens (tertiary/aromatic N) is 2. The second-order valence-electron chi connectivity index (χ2n) is 7.89. The molecule has 0 aromatic rings. The van der Waals surface area contributed by atoms with E-state index in [1.165, 1.54) is 32.5 Å². The highest BCUT2D eigenvalue weighted by molar-refractivity contribution is 5.68. The topological polar surface area (TPSA) is 32.8 Å². The van der Waals surface area contributed by atoms with Gasteiger partial charge in [-0.1, -0.05) is 6.92 Å². The van der Waals surface area contributed by atoms with E-state index in [0.717, 1.165) is 37.8 Å². The number of hydrogen-bond donors (Lipinski definition) is 0. The van der Waals surface area contributed by atoms with Crippen LogP contribution in [-0.4, -0.2) is 54.2 Å². The molecule has 2 aliphatic heterocycles. The van der Waals surface area contributed by atoms with Crippen molar-refractivity contribution in [2.24, 2.45) is 11.8 Å². The molecule has 21 heavy (non-hydrogen) atoms. The van der Waals surface area contributed by atoms with Gasteiger partial charge >= 0.3 is 6.09 Å². The fourth-order valence-electron chi connectivity index (χ4n) is 3.33. The molecule has 2 fully saturated rings. The first-order valence-electron chi connectivity index (χ1n) is 8.54. The zero-order valence-electron chi connectivity index (χ0n) is 14.2. The lowest BCUT2D eigenvalue weighted by atomic mass is 9.93. The second-order valence-corrected chi connectivity index (χ2v) is 7.89. The number of piperidine rings is 1. The molecular weight excluding hydrogens is 264 g/mol. The third-order valence-corrected chi connectivity index (χ3v) is 4.63. The molecule has 1 unspecified atom stereocenters. The molecule has 2 aliphatic rings. The molecule has 0 aromatic carbocycles. The summed E-state index contributed by atoms with van der Waals surface area (Å²) in [7, 11) is 0. The van der Waals surface area contributed by atoms with Gasteiger partial charge in [0.05, 0.1) is 0 Å². The van der Waals surface area contributed by atoms with Gasteiger partial charge < -0.3 is 14.5 Å². The summed E-state index contributed by atoms with van der Waals surface area (Å²) in [6.07, 6.45) is 4.76. The second kappa shape index (κ2) is 6.99. The number of ether oxygens (including phenoxy) is 1. The zero-order chi connectivity index (χ0) is 15.5. The first-order chi connectivity index (χ1) is 9.83. The van der Waals surface area contributed by atoms with E-state index in [-0.39, 0.29) is 11.7 Å². The van der Waals surface area contributed by atoms with Crippen molar-refractivity contribution in [2.45, 2.75) is 59.0 Å². The maximum atomic E-state index is 12.0. The van der Waals surface area contributed by atoms with Crippen LogP contribution < -0.4 is 0 Å². The lowest BCUT2D eigenvalue weighted by Crippen LogP contribution is -2.42. The predicted octanol–water partition coefficient (Wildman–Crippen LogP) is 3.37. The van der Waals surface area contributed by atoms with Crippen LogP contribution in [0.3, 0.4) is 0 Å². The Morgan fingerprint density at radius 1 is 1.14 bits per heavy atom. The Kier molecular flexibility index (Phi) is 5.53. The highest BCUT2D eigenvalue weighted by Gasteiger charge is 2.27. The van der Waals surface area contributed by atoms with Gasteiger partial charge in [-0.25, -0.2) is 4.79 Å². The minimum absolute atomic E-state index is 0.144. The van der Waals surface area contributed by atoms with Gasteiger partial charge in [-0.3, -0.25) is 0 Å². The van der Waals surface area contributed by atoms with Crippen LogP contribution in [0, 0.1) is 11.8 Å². The predicted molar refractivity (Wildman–Crippen MR) is 85.4 cm³/mol. The van der Waals surface area contributed by atoms with Crippen LogP contribution in [-0.2, 0) is 4.74 Å². The normalized spacial score (nSPS) is 25.3. The van der Waals surface area contributed by atoms with E-state index in [0.29, 0.717) is 0 Å². The lowest BCUT2D eigenvalue weighted by Gasteiger charge is -2.34. The van der Waals surface area contributed by atoms with Crippen LogP contribution in [0.4, 0.5) is 4.79 Å². The Morgan fingerprint density at radius 3 is 2.33 bits per heavy atom.